The van der Waals surface area contributed by atoms with Gasteiger partial charge in [-0.2, -0.15) is 0 Å². The maximum Gasteiger partial charge on any atom is 0.306 e. The Morgan fingerprint density at radius 2 is 2.05 bits per heavy atom. The number of nitro groups is 1. The van der Waals surface area contributed by atoms with E-state index < -0.39 is 25.7 Å². The van der Waals surface area contributed by atoms with Crippen LogP contribution in [0.5, 0.6) is 0 Å². The Balaban J connectivity index is 2.91. The van der Waals surface area contributed by atoms with Gasteiger partial charge in [0.2, 0.25) is 0 Å². The standard InChI is InChI=1S/C12H11ClN2O4S/c1-8(6-13)20(18,19)12-9-4-2-3-5-10(9)14-7-11(12)15(16)17/h2-5,7-8H,6H2,1H3. The van der Waals surface area contributed by atoms with Crippen LogP contribution in [0.4, 0.5) is 5.69 Å². The second kappa shape index (κ2) is 5.34. The quantitative estimate of drug-likeness (QED) is 0.491. The van der Waals surface area contributed by atoms with Crippen molar-refractivity contribution >= 4 is 38.0 Å². The number of rotatable bonds is 4. The number of hydrogen-bond acceptors (Lipinski definition) is 5. The summed E-state index contributed by atoms with van der Waals surface area (Å²) in [5.41, 5.74) is -0.140. The lowest BCUT2D eigenvalue weighted by Gasteiger charge is -2.12. The Kier molecular flexibility index (Phi) is 3.92. The van der Waals surface area contributed by atoms with E-state index in [9.17, 15) is 18.5 Å². The molecule has 1 unspecified atom stereocenters. The molecule has 0 bridgehead atoms. The van der Waals surface area contributed by atoms with Gasteiger partial charge in [0.1, 0.15) is 6.20 Å². The van der Waals surface area contributed by atoms with Crippen LogP contribution in [-0.2, 0) is 9.84 Å². The van der Waals surface area contributed by atoms with Gasteiger partial charge in [0.15, 0.2) is 14.7 Å². The van der Waals surface area contributed by atoms with E-state index in [1.807, 2.05) is 0 Å². The molecule has 0 saturated heterocycles. The van der Waals surface area contributed by atoms with Gasteiger partial charge in [0, 0.05) is 11.3 Å². The molecule has 0 amide bonds. The number of para-hydroxylation sites is 1. The Hall–Kier alpha value is -1.73. The van der Waals surface area contributed by atoms with Gasteiger partial charge in [-0.25, -0.2) is 13.4 Å². The first kappa shape index (κ1) is 14.7. The van der Waals surface area contributed by atoms with Crippen molar-refractivity contribution in [3.8, 4) is 0 Å². The Bertz CT molecular complexity index is 776. The van der Waals surface area contributed by atoms with E-state index in [0.717, 1.165) is 6.20 Å². The molecule has 1 atom stereocenters. The molecule has 0 N–H and O–H groups in total. The average Bonchev–Trinajstić information content (AvgIpc) is 2.44. The van der Waals surface area contributed by atoms with Crippen molar-refractivity contribution in [2.45, 2.75) is 17.1 Å². The molecule has 2 rings (SSSR count). The Morgan fingerprint density at radius 3 is 2.65 bits per heavy atom. The highest BCUT2D eigenvalue weighted by Gasteiger charge is 2.33. The van der Waals surface area contributed by atoms with Gasteiger partial charge in [-0.15, -0.1) is 11.6 Å². The van der Waals surface area contributed by atoms with Crippen LogP contribution in [0, 0.1) is 10.1 Å². The number of halogens is 1. The largest absolute Gasteiger partial charge is 0.306 e. The fraction of sp³-hybridized carbons (Fsp3) is 0.250. The number of benzene rings is 1. The van der Waals surface area contributed by atoms with Crippen LogP contribution in [0.15, 0.2) is 35.4 Å². The zero-order chi connectivity index (χ0) is 14.9. The molecular weight excluding hydrogens is 304 g/mol. The molecule has 20 heavy (non-hydrogen) atoms. The number of pyridine rings is 1. The topological polar surface area (TPSA) is 90.2 Å². The van der Waals surface area contributed by atoms with Crippen molar-refractivity contribution in [2.75, 3.05) is 5.88 Å². The van der Waals surface area contributed by atoms with E-state index in [1.165, 1.54) is 13.0 Å². The van der Waals surface area contributed by atoms with Crippen LogP contribution in [-0.4, -0.2) is 29.5 Å². The van der Waals surface area contributed by atoms with Gasteiger partial charge in [0.25, 0.3) is 0 Å². The summed E-state index contributed by atoms with van der Waals surface area (Å²) in [5, 5.41) is 10.4. The molecule has 1 heterocycles. The van der Waals surface area contributed by atoms with Crippen LogP contribution < -0.4 is 0 Å². The van der Waals surface area contributed by atoms with Gasteiger partial charge < -0.3 is 0 Å². The second-order valence-electron chi connectivity index (χ2n) is 4.26. The second-order valence-corrected chi connectivity index (χ2v) is 6.87. The Morgan fingerprint density at radius 1 is 1.40 bits per heavy atom. The van der Waals surface area contributed by atoms with Crippen LogP contribution in [0.3, 0.4) is 0 Å². The number of nitrogens with zero attached hydrogens (tertiary/aromatic N) is 2. The third-order valence-corrected chi connectivity index (χ3v) is 5.81. The zero-order valence-corrected chi connectivity index (χ0v) is 12.1. The molecule has 1 aromatic heterocycles. The summed E-state index contributed by atoms with van der Waals surface area (Å²) in [7, 11) is -3.90. The molecule has 0 aliphatic heterocycles. The highest BCUT2D eigenvalue weighted by Crippen LogP contribution is 2.33. The molecule has 2 aromatic rings. The molecule has 0 spiro atoms. The molecule has 106 valence electrons. The molecular formula is C12H11ClN2O4S. The van der Waals surface area contributed by atoms with Crippen LogP contribution in [0.25, 0.3) is 10.9 Å². The van der Waals surface area contributed by atoms with Crippen molar-refractivity contribution in [3.05, 3.63) is 40.6 Å². The maximum absolute atomic E-state index is 12.5. The van der Waals surface area contributed by atoms with Crippen molar-refractivity contribution in [3.63, 3.8) is 0 Å². The summed E-state index contributed by atoms with van der Waals surface area (Å²) in [4.78, 5) is 14.0. The van der Waals surface area contributed by atoms with Crippen molar-refractivity contribution in [1.29, 1.82) is 0 Å². The molecule has 0 saturated carbocycles. The first-order chi connectivity index (χ1) is 9.39. The summed E-state index contributed by atoms with van der Waals surface area (Å²) in [5.74, 6) is -0.143. The molecule has 0 aliphatic carbocycles. The predicted octanol–water partition coefficient (Wildman–Crippen LogP) is 2.54. The molecule has 6 nitrogen and oxygen atoms in total. The van der Waals surface area contributed by atoms with Gasteiger partial charge in [0.05, 0.1) is 15.7 Å². The molecule has 1 aromatic carbocycles. The Labute approximate surface area is 120 Å². The summed E-state index contributed by atoms with van der Waals surface area (Å²) >= 11 is 5.60. The van der Waals surface area contributed by atoms with Crippen LogP contribution in [0.1, 0.15) is 6.92 Å². The monoisotopic (exact) mass is 314 g/mol. The van der Waals surface area contributed by atoms with E-state index in [0.29, 0.717) is 5.52 Å². The third-order valence-electron chi connectivity index (χ3n) is 2.94. The first-order valence-corrected chi connectivity index (χ1v) is 7.79. The van der Waals surface area contributed by atoms with Gasteiger partial charge in [-0.05, 0) is 13.0 Å². The summed E-state index contributed by atoms with van der Waals surface area (Å²) in [6.07, 6.45) is 0.968. The van der Waals surface area contributed by atoms with Crippen molar-refractivity contribution < 1.29 is 13.3 Å². The molecule has 0 radical (unpaired) electrons. The highest BCUT2D eigenvalue weighted by atomic mass is 35.5. The molecule has 0 fully saturated rings. The van der Waals surface area contributed by atoms with E-state index in [4.69, 9.17) is 11.6 Å². The van der Waals surface area contributed by atoms with E-state index in [2.05, 4.69) is 4.98 Å². The normalized spacial score (nSPS) is 13.3. The van der Waals surface area contributed by atoms with Crippen molar-refractivity contribution in [1.82, 2.24) is 4.98 Å². The lowest BCUT2D eigenvalue weighted by atomic mass is 10.2. The number of alkyl halides is 1. The lowest BCUT2D eigenvalue weighted by molar-refractivity contribution is -0.387. The number of aromatic nitrogens is 1. The smallest absolute Gasteiger partial charge is 0.258 e. The minimum absolute atomic E-state index is 0.143. The number of fused-ring (bicyclic) bond motifs is 1. The number of hydrogen-bond donors (Lipinski definition) is 0. The zero-order valence-electron chi connectivity index (χ0n) is 10.5. The SMILES string of the molecule is CC(CCl)S(=O)(=O)c1c([N+](=O)[O-])cnc2ccccc12. The number of sulfone groups is 1. The van der Waals surface area contributed by atoms with E-state index in [1.54, 1.807) is 18.2 Å². The summed E-state index contributed by atoms with van der Waals surface area (Å²) in [6, 6.07) is 6.40. The van der Waals surface area contributed by atoms with Crippen molar-refractivity contribution in [2.24, 2.45) is 0 Å². The fourth-order valence-corrected chi connectivity index (χ4v) is 3.78. The molecule has 0 aliphatic rings. The third kappa shape index (κ3) is 2.34. The highest BCUT2D eigenvalue weighted by molar-refractivity contribution is 7.92. The predicted molar refractivity (Wildman–Crippen MR) is 75.8 cm³/mol. The van der Waals surface area contributed by atoms with E-state index >= 15 is 0 Å². The van der Waals surface area contributed by atoms with Gasteiger partial charge >= 0.3 is 5.69 Å². The minimum Gasteiger partial charge on any atom is -0.258 e. The van der Waals surface area contributed by atoms with Crippen LogP contribution in [0.2, 0.25) is 0 Å². The summed E-state index contributed by atoms with van der Waals surface area (Å²) in [6.45, 7) is 1.42. The lowest BCUT2D eigenvalue weighted by Crippen LogP contribution is -2.21. The molecule has 8 heteroatoms. The summed E-state index contributed by atoms with van der Waals surface area (Å²) < 4.78 is 25.0. The van der Waals surface area contributed by atoms with Gasteiger partial charge in [-0.3, -0.25) is 10.1 Å². The first-order valence-electron chi connectivity index (χ1n) is 5.71. The van der Waals surface area contributed by atoms with Crippen LogP contribution >= 0.6 is 11.6 Å². The minimum atomic E-state index is -3.90. The fourth-order valence-electron chi connectivity index (χ4n) is 1.82. The average molecular weight is 315 g/mol. The van der Waals surface area contributed by atoms with Gasteiger partial charge in [-0.1, -0.05) is 18.2 Å². The van der Waals surface area contributed by atoms with E-state index in [-0.39, 0.29) is 16.2 Å². The maximum atomic E-state index is 12.5.